The average molecular weight is 875 g/mol. The van der Waals surface area contributed by atoms with Crippen molar-refractivity contribution in [1.29, 1.82) is 0 Å². The number of unbranched alkanes of at least 4 members (excludes halogenated alkanes) is 21. The van der Waals surface area contributed by atoms with Gasteiger partial charge >= 0.3 is 0 Å². The summed E-state index contributed by atoms with van der Waals surface area (Å²) in [5.41, 5.74) is 0. The van der Waals surface area contributed by atoms with Crippen LogP contribution in [0.15, 0.2) is 72.9 Å². The molecule has 0 bridgehead atoms. The zero-order valence-corrected chi connectivity index (χ0v) is 41.0. The number of phosphoric ester groups is 1. The summed E-state index contributed by atoms with van der Waals surface area (Å²) < 4.78 is 23.2. The second-order valence-electron chi connectivity index (χ2n) is 17.8. The van der Waals surface area contributed by atoms with Crippen molar-refractivity contribution in [1.82, 2.24) is 5.32 Å². The molecule has 354 valence electrons. The average Bonchev–Trinajstić information content (AvgIpc) is 3.21. The van der Waals surface area contributed by atoms with E-state index < -0.39 is 26.6 Å². The van der Waals surface area contributed by atoms with E-state index in [9.17, 15) is 19.4 Å². The molecule has 9 heteroatoms. The number of carbonyl (C=O) groups is 1. The Labute approximate surface area is 376 Å². The quantitative estimate of drug-likeness (QED) is 0.0273. The smallest absolute Gasteiger partial charge is 0.268 e. The number of nitrogens with zero attached hydrogens (tertiary/aromatic N) is 1. The van der Waals surface area contributed by atoms with E-state index in [0.717, 1.165) is 64.2 Å². The van der Waals surface area contributed by atoms with Crippen LogP contribution in [-0.4, -0.2) is 68.5 Å². The zero-order chi connectivity index (χ0) is 45.0. The summed E-state index contributed by atoms with van der Waals surface area (Å²) in [5, 5.41) is 13.8. The number of likely N-dealkylation sites (N-methyl/N-ethyl adjacent to an activating group) is 1. The first-order valence-electron chi connectivity index (χ1n) is 24.8. The summed E-state index contributed by atoms with van der Waals surface area (Å²) in [4.78, 5) is 25.3. The third-order valence-corrected chi connectivity index (χ3v) is 11.6. The molecule has 0 spiro atoms. The Morgan fingerprint density at radius 3 is 1.52 bits per heavy atom. The lowest BCUT2D eigenvalue weighted by Gasteiger charge is -2.29. The maximum absolute atomic E-state index is 12.9. The van der Waals surface area contributed by atoms with Gasteiger partial charge in [0.25, 0.3) is 7.82 Å². The van der Waals surface area contributed by atoms with E-state index in [-0.39, 0.29) is 12.5 Å². The van der Waals surface area contributed by atoms with E-state index >= 15 is 0 Å². The number of rotatable bonds is 44. The maximum Gasteiger partial charge on any atom is 0.268 e. The molecule has 8 nitrogen and oxygen atoms in total. The standard InChI is InChI=1S/C52H95N2O6P/c1-6-8-10-12-14-16-18-20-21-22-23-24-25-26-27-28-29-30-31-32-33-34-36-38-40-42-44-46-52(56)53-50(49-60-61(57,58)59-48-47-54(3,4)5)51(55)45-43-41-39-37-35-19-17-15-13-11-9-7-2/h8,10,14,16,20-21,23-24,35,37,43,45,50-51,55H,6-7,9,11-13,15,17-19,22,25-34,36,38-42,44,46-49H2,1-5H3,(H-,53,56,57,58)/b10-8-,16-14-,21-20-,24-23-,37-35+,45-43+. The van der Waals surface area contributed by atoms with E-state index in [4.69, 9.17) is 9.05 Å². The monoisotopic (exact) mass is 875 g/mol. The zero-order valence-electron chi connectivity index (χ0n) is 40.1. The van der Waals surface area contributed by atoms with Gasteiger partial charge in [-0.05, 0) is 70.6 Å². The first kappa shape index (κ1) is 58.9. The Morgan fingerprint density at radius 1 is 0.590 bits per heavy atom. The van der Waals surface area contributed by atoms with E-state index in [2.05, 4.69) is 79.9 Å². The van der Waals surface area contributed by atoms with Gasteiger partial charge in [0, 0.05) is 6.42 Å². The van der Waals surface area contributed by atoms with Crippen LogP contribution in [0.3, 0.4) is 0 Å². The molecular formula is C52H95N2O6P. The van der Waals surface area contributed by atoms with Gasteiger partial charge in [-0.1, -0.05) is 196 Å². The normalized spacial score (nSPS) is 14.8. The number of carbonyl (C=O) groups excluding carboxylic acids is 1. The molecular weight excluding hydrogens is 780 g/mol. The molecule has 0 aliphatic carbocycles. The van der Waals surface area contributed by atoms with Crippen LogP contribution in [-0.2, 0) is 18.4 Å². The minimum Gasteiger partial charge on any atom is -0.756 e. The summed E-state index contributed by atoms with van der Waals surface area (Å²) in [7, 11) is 1.24. The van der Waals surface area contributed by atoms with Gasteiger partial charge in [0.05, 0.1) is 39.9 Å². The van der Waals surface area contributed by atoms with Crippen molar-refractivity contribution < 1.29 is 32.9 Å². The number of phosphoric acid groups is 1. The van der Waals surface area contributed by atoms with Crippen LogP contribution in [0.5, 0.6) is 0 Å². The molecule has 0 aromatic carbocycles. The molecule has 0 fully saturated rings. The number of quaternary nitrogens is 1. The topological polar surface area (TPSA) is 108 Å². The van der Waals surface area contributed by atoms with Crippen LogP contribution in [0.1, 0.15) is 200 Å². The molecule has 3 atom stereocenters. The third-order valence-electron chi connectivity index (χ3n) is 10.7. The number of hydrogen-bond acceptors (Lipinski definition) is 6. The number of hydrogen-bond donors (Lipinski definition) is 2. The molecule has 0 aliphatic rings. The van der Waals surface area contributed by atoms with E-state index in [0.29, 0.717) is 17.4 Å². The Kier molecular flexibility index (Phi) is 41.7. The largest absolute Gasteiger partial charge is 0.756 e. The van der Waals surface area contributed by atoms with E-state index in [1.165, 1.54) is 116 Å². The Bertz CT molecular complexity index is 1220. The first-order valence-corrected chi connectivity index (χ1v) is 26.3. The Balaban J connectivity index is 4.20. The fourth-order valence-electron chi connectivity index (χ4n) is 6.75. The molecule has 2 N–H and O–H groups in total. The summed E-state index contributed by atoms with van der Waals surface area (Å²) in [6.07, 6.45) is 58.2. The van der Waals surface area contributed by atoms with Crippen LogP contribution < -0.4 is 10.2 Å². The van der Waals surface area contributed by atoms with Gasteiger partial charge in [-0.15, -0.1) is 0 Å². The third kappa shape index (κ3) is 45.8. The Morgan fingerprint density at radius 2 is 1.02 bits per heavy atom. The highest BCUT2D eigenvalue weighted by Crippen LogP contribution is 2.38. The summed E-state index contributed by atoms with van der Waals surface area (Å²) in [5.74, 6) is -0.212. The van der Waals surface area contributed by atoms with Crippen molar-refractivity contribution >= 4 is 13.7 Å². The molecule has 0 aromatic rings. The molecule has 0 saturated heterocycles. The molecule has 61 heavy (non-hydrogen) atoms. The molecule has 0 aliphatic heterocycles. The molecule has 0 heterocycles. The SMILES string of the molecule is CC/C=C\C/C=C\C/C=C\C/C=C\CCCCCCCCCCCCCCCCC(=O)NC(COP(=O)([O-])OCC[N+](C)(C)C)C(O)/C=C/CC/C=C/CCCCCCCC. The first-order chi connectivity index (χ1) is 29.5. The summed E-state index contributed by atoms with van der Waals surface area (Å²) in [6.45, 7) is 4.49. The van der Waals surface area contributed by atoms with Crippen molar-refractivity contribution in [3.05, 3.63) is 72.9 Å². The van der Waals surface area contributed by atoms with Crippen molar-refractivity contribution in [2.45, 2.75) is 212 Å². The van der Waals surface area contributed by atoms with Crippen molar-refractivity contribution in [2.75, 3.05) is 40.9 Å². The number of nitrogens with one attached hydrogen (secondary N) is 1. The van der Waals surface area contributed by atoms with Crippen LogP contribution in [0.2, 0.25) is 0 Å². The van der Waals surface area contributed by atoms with E-state index in [1.54, 1.807) is 6.08 Å². The fourth-order valence-corrected chi connectivity index (χ4v) is 7.47. The number of aliphatic hydroxyl groups is 1. The Hall–Kier alpha value is -2.06. The van der Waals surface area contributed by atoms with Gasteiger partial charge in [0.1, 0.15) is 13.2 Å². The number of aliphatic hydroxyl groups excluding tert-OH is 1. The van der Waals surface area contributed by atoms with E-state index in [1.807, 2.05) is 27.2 Å². The molecule has 0 saturated carbocycles. The van der Waals surface area contributed by atoms with Crippen LogP contribution in [0.25, 0.3) is 0 Å². The molecule has 1 amide bonds. The lowest BCUT2D eigenvalue weighted by molar-refractivity contribution is -0.870. The number of allylic oxidation sites excluding steroid dienone is 11. The van der Waals surface area contributed by atoms with Gasteiger partial charge in [-0.2, -0.15) is 0 Å². The van der Waals surface area contributed by atoms with Crippen LogP contribution in [0.4, 0.5) is 0 Å². The highest BCUT2D eigenvalue weighted by molar-refractivity contribution is 7.45. The van der Waals surface area contributed by atoms with Crippen molar-refractivity contribution in [3.8, 4) is 0 Å². The molecule has 0 rings (SSSR count). The number of amides is 1. The minimum absolute atomic E-state index is 0.00882. The summed E-state index contributed by atoms with van der Waals surface area (Å²) in [6, 6.07) is -0.905. The summed E-state index contributed by atoms with van der Waals surface area (Å²) >= 11 is 0. The highest BCUT2D eigenvalue weighted by atomic mass is 31.2. The lowest BCUT2D eigenvalue weighted by Crippen LogP contribution is -2.45. The maximum atomic E-state index is 12.9. The second kappa shape index (κ2) is 43.2. The fraction of sp³-hybridized carbons (Fsp3) is 0.750. The predicted molar refractivity (Wildman–Crippen MR) is 260 cm³/mol. The van der Waals surface area contributed by atoms with Crippen molar-refractivity contribution in [3.63, 3.8) is 0 Å². The predicted octanol–water partition coefficient (Wildman–Crippen LogP) is 13.7. The van der Waals surface area contributed by atoms with Crippen LogP contribution >= 0.6 is 7.82 Å². The van der Waals surface area contributed by atoms with Crippen molar-refractivity contribution in [2.24, 2.45) is 0 Å². The molecule has 3 unspecified atom stereocenters. The molecule has 0 radical (unpaired) electrons. The van der Waals surface area contributed by atoms with Crippen LogP contribution in [0, 0.1) is 0 Å². The van der Waals surface area contributed by atoms with Gasteiger partial charge in [0.2, 0.25) is 5.91 Å². The highest BCUT2D eigenvalue weighted by Gasteiger charge is 2.23. The second-order valence-corrected chi connectivity index (χ2v) is 19.2. The molecule has 0 aromatic heterocycles. The van der Waals surface area contributed by atoms with Gasteiger partial charge in [-0.3, -0.25) is 9.36 Å². The van der Waals surface area contributed by atoms with Gasteiger partial charge in [-0.25, -0.2) is 0 Å². The van der Waals surface area contributed by atoms with Gasteiger partial charge in [0.15, 0.2) is 0 Å². The lowest BCUT2D eigenvalue weighted by atomic mass is 10.0. The van der Waals surface area contributed by atoms with Gasteiger partial charge < -0.3 is 28.8 Å². The minimum atomic E-state index is -4.60.